The second kappa shape index (κ2) is 3.28. The molecule has 6 heteroatoms. The number of ether oxygens (including phenoxy) is 1. The molecule has 1 unspecified atom stereocenters. The quantitative estimate of drug-likeness (QED) is 0.491. The SMILES string of the molecule is C=COC(C(C)(F)F)C(F)(F)F. The average Bonchev–Trinajstić information content (AvgIpc) is 1.77. The normalized spacial score (nSPS) is 15.5. The molecule has 0 spiro atoms. The summed E-state index contributed by atoms with van der Waals surface area (Å²) in [6, 6.07) is 0. The Labute approximate surface area is 65.8 Å². The van der Waals surface area contributed by atoms with Crippen LogP contribution in [0.15, 0.2) is 12.8 Å². The molecule has 0 aromatic carbocycles. The predicted octanol–water partition coefficient (Wildman–Crippen LogP) is 2.73. The molecule has 0 radical (unpaired) electrons. The Kier molecular flexibility index (Phi) is 3.06. The van der Waals surface area contributed by atoms with E-state index >= 15 is 0 Å². The van der Waals surface area contributed by atoms with E-state index in [9.17, 15) is 22.0 Å². The van der Waals surface area contributed by atoms with Gasteiger partial charge in [-0.3, -0.25) is 0 Å². The summed E-state index contributed by atoms with van der Waals surface area (Å²) in [6.07, 6.45) is -7.87. The molecule has 0 rings (SSSR count). The van der Waals surface area contributed by atoms with Gasteiger partial charge in [-0.2, -0.15) is 13.2 Å². The molecule has 0 saturated carbocycles. The molecule has 0 aromatic rings. The lowest BCUT2D eigenvalue weighted by Crippen LogP contribution is -2.44. The van der Waals surface area contributed by atoms with Crippen molar-refractivity contribution in [3.8, 4) is 0 Å². The maximum Gasteiger partial charge on any atom is 0.431 e. The van der Waals surface area contributed by atoms with Crippen molar-refractivity contribution in [1.82, 2.24) is 0 Å². The third-order valence-corrected chi connectivity index (χ3v) is 0.990. The van der Waals surface area contributed by atoms with Crippen LogP contribution in [-0.4, -0.2) is 18.2 Å². The van der Waals surface area contributed by atoms with E-state index in [1.54, 1.807) is 0 Å². The first-order chi connectivity index (χ1) is 5.19. The van der Waals surface area contributed by atoms with Gasteiger partial charge in [0.05, 0.1) is 6.26 Å². The highest BCUT2D eigenvalue weighted by atomic mass is 19.4. The summed E-state index contributed by atoms with van der Waals surface area (Å²) in [5, 5.41) is 0. The van der Waals surface area contributed by atoms with Crippen LogP contribution >= 0.6 is 0 Å². The van der Waals surface area contributed by atoms with Crippen LogP contribution in [-0.2, 0) is 4.74 Å². The average molecular weight is 190 g/mol. The molecule has 0 aliphatic heterocycles. The lowest BCUT2D eigenvalue weighted by molar-refractivity contribution is -0.265. The summed E-state index contributed by atoms with van der Waals surface area (Å²) < 4.78 is 63.3. The molecule has 0 aliphatic carbocycles. The highest BCUT2D eigenvalue weighted by molar-refractivity contribution is 4.81. The van der Waals surface area contributed by atoms with E-state index in [4.69, 9.17) is 0 Å². The van der Waals surface area contributed by atoms with Crippen LogP contribution in [0, 0.1) is 0 Å². The van der Waals surface area contributed by atoms with Crippen LogP contribution < -0.4 is 0 Å². The van der Waals surface area contributed by atoms with Crippen LogP contribution in [0.4, 0.5) is 22.0 Å². The number of hydrogen-bond acceptors (Lipinski definition) is 1. The number of halogens is 5. The van der Waals surface area contributed by atoms with Crippen molar-refractivity contribution in [3.05, 3.63) is 12.8 Å². The Bertz CT molecular complexity index is 142. The topological polar surface area (TPSA) is 9.23 Å². The molecular formula is C6H7F5O. The van der Waals surface area contributed by atoms with Crippen molar-refractivity contribution in [1.29, 1.82) is 0 Å². The molecule has 0 N–H and O–H groups in total. The van der Waals surface area contributed by atoms with Gasteiger partial charge < -0.3 is 4.74 Å². The predicted molar refractivity (Wildman–Crippen MR) is 31.7 cm³/mol. The molecule has 72 valence electrons. The maximum atomic E-state index is 12.2. The fourth-order valence-electron chi connectivity index (χ4n) is 0.580. The van der Waals surface area contributed by atoms with Crippen molar-refractivity contribution in [2.24, 2.45) is 0 Å². The van der Waals surface area contributed by atoms with E-state index in [0.29, 0.717) is 6.26 Å². The molecule has 0 aromatic heterocycles. The van der Waals surface area contributed by atoms with Gasteiger partial charge in [0.2, 0.25) is 0 Å². The fraction of sp³-hybridized carbons (Fsp3) is 0.667. The fourth-order valence-corrected chi connectivity index (χ4v) is 0.580. The van der Waals surface area contributed by atoms with Gasteiger partial charge in [0, 0.05) is 6.92 Å². The lowest BCUT2D eigenvalue weighted by atomic mass is 10.2. The smallest absolute Gasteiger partial charge is 0.431 e. The third-order valence-electron chi connectivity index (χ3n) is 0.990. The molecule has 0 saturated heterocycles. The van der Waals surface area contributed by atoms with E-state index in [0.717, 1.165) is 0 Å². The second-order valence-electron chi connectivity index (χ2n) is 2.18. The highest BCUT2D eigenvalue weighted by Gasteiger charge is 2.54. The number of rotatable bonds is 3. The molecule has 0 bridgehead atoms. The first-order valence-corrected chi connectivity index (χ1v) is 2.90. The molecule has 0 amide bonds. The van der Waals surface area contributed by atoms with E-state index < -0.39 is 18.2 Å². The maximum absolute atomic E-state index is 12.2. The molecular weight excluding hydrogens is 183 g/mol. The zero-order valence-electron chi connectivity index (χ0n) is 6.16. The van der Waals surface area contributed by atoms with Crippen LogP contribution in [0.1, 0.15) is 6.92 Å². The van der Waals surface area contributed by atoms with Crippen LogP contribution in [0.3, 0.4) is 0 Å². The Morgan fingerprint density at radius 3 is 1.75 bits per heavy atom. The van der Waals surface area contributed by atoms with E-state index in [1.165, 1.54) is 0 Å². The second-order valence-corrected chi connectivity index (χ2v) is 2.18. The van der Waals surface area contributed by atoms with Gasteiger partial charge in [0.1, 0.15) is 0 Å². The molecule has 0 aliphatic rings. The van der Waals surface area contributed by atoms with Gasteiger partial charge in [-0.25, -0.2) is 8.78 Å². The third kappa shape index (κ3) is 3.06. The standard InChI is InChI=1S/C6H7F5O/c1-3-12-4(5(2,7)8)6(9,10)11/h3-4H,1H2,2H3. The number of alkyl halides is 5. The molecule has 0 fully saturated rings. The molecule has 12 heavy (non-hydrogen) atoms. The lowest BCUT2D eigenvalue weighted by Gasteiger charge is -2.24. The van der Waals surface area contributed by atoms with Gasteiger partial charge in [-0.1, -0.05) is 6.58 Å². The minimum Gasteiger partial charge on any atom is -0.483 e. The van der Waals surface area contributed by atoms with Crippen LogP contribution in [0.25, 0.3) is 0 Å². The minimum atomic E-state index is -5.09. The number of hydrogen-bond donors (Lipinski definition) is 0. The van der Waals surface area contributed by atoms with Gasteiger partial charge in [-0.15, -0.1) is 0 Å². The van der Waals surface area contributed by atoms with Crippen LogP contribution in [0.5, 0.6) is 0 Å². The minimum absolute atomic E-state index is 0.134. The summed E-state index contributed by atoms with van der Waals surface area (Å²) in [6.45, 7) is 2.91. The van der Waals surface area contributed by atoms with Crippen LogP contribution in [0.2, 0.25) is 0 Å². The van der Waals surface area contributed by atoms with Gasteiger partial charge >= 0.3 is 6.18 Å². The van der Waals surface area contributed by atoms with E-state index in [2.05, 4.69) is 11.3 Å². The summed E-state index contributed by atoms with van der Waals surface area (Å²) in [7, 11) is 0. The van der Waals surface area contributed by atoms with Gasteiger partial charge in [-0.05, 0) is 0 Å². The molecule has 1 atom stereocenters. The van der Waals surface area contributed by atoms with Gasteiger partial charge in [0.15, 0.2) is 0 Å². The van der Waals surface area contributed by atoms with Crippen molar-refractivity contribution in [2.75, 3.05) is 0 Å². The summed E-state index contributed by atoms with van der Waals surface area (Å²) in [5.41, 5.74) is 0. The first kappa shape index (κ1) is 11.2. The van der Waals surface area contributed by atoms with Gasteiger partial charge in [0.25, 0.3) is 12.0 Å². The Balaban J connectivity index is 4.56. The zero-order valence-corrected chi connectivity index (χ0v) is 6.16. The Morgan fingerprint density at radius 2 is 1.67 bits per heavy atom. The van der Waals surface area contributed by atoms with Crippen molar-refractivity contribution in [3.63, 3.8) is 0 Å². The Morgan fingerprint density at radius 1 is 1.25 bits per heavy atom. The first-order valence-electron chi connectivity index (χ1n) is 2.90. The monoisotopic (exact) mass is 190 g/mol. The molecule has 0 heterocycles. The van der Waals surface area contributed by atoms with Crippen molar-refractivity contribution in [2.45, 2.75) is 25.1 Å². The van der Waals surface area contributed by atoms with E-state index in [1.807, 2.05) is 0 Å². The molecule has 1 nitrogen and oxygen atoms in total. The summed E-state index contributed by atoms with van der Waals surface area (Å²) >= 11 is 0. The summed E-state index contributed by atoms with van der Waals surface area (Å²) in [4.78, 5) is 0. The Hall–Kier alpha value is -0.810. The van der Waals surface area contributed by atoms with Crippen molar-refractivity contribution < 1.29 is 26.7 Å². The summed E-state index contributed by atoms with van der Waals surface area (Å²) in [5.74, 6) is -3.97. The van der Waals surface area contributed by atoms with E-state index in [-0.39, 0.29) is 6.92 Å². The zero-order chi connectivity index (χ0) is 9.99. The largest absolute Gasteiger partial charge is 0.483 e. The highest BCUT2D eigenvalue weighted by Crippen LogP contribution is 2.34. The van der Waals surface area contributed by atoms with Crippen molar-refractivity contribution >= 4 is 0 Å².